The van der Waals surface area contributed by atoms with Crippen LogP contribution in [-0.2, 0) is 4.79 Å². The number of amides is 1. The lowest BCUT2D eigenvalue weighted by molar-refractivity contribution is -0.274. The fourth-order valence-corrected chi connectivity index (χ4v) is 2.51. The molecule has 1 atom stereocenters. The Kier molecular flexibility index (Phi) is 5.15. The summed E-state index contributed by atoms with van der Waals surface area (Å²) in [7, 11) is 0. The number of benzene rings is 1. The van der Waals surface area contributed by atoms with Gasteiger partial charge in [0, 0.05) is 24.8 Å². The summed E-state index contributed by atoms with van der Waals surface area (Å²) in [5.41, 5.74) is 0.417. The summed E-state index contributed by atoms with van der Waals surface area (Å²) in [5, 5.41) is 2.84. The number of piperidine rings is 1. The third-order valence-electron chi connectivity index (χ3n) is 3.52. The summed E-state index contributed by atoms with van der Waals surface area (Å²) in [5.74, 6) is 0.131. The maximum Gasteiger partial charge on any atom is 0.573 e. The van der Waals surface area contributed by atoms with Crippen LogP contribution in [-0.4, -0.2) is 36.8 Å². The van der Waals surface area contributed by atoms with E-state index >= 15 is 0 Å². The van der Waals surface area contributed by atoms with Crippen molar-refractivity contribution in [3.05, 3.63) is 24.3 Å². The lowest BCUT2D eigenvalue weighted by Gasteiger charge is -2.31. The highest BCUT2D eigenvalue weighted by Gasteiger charge is 2.31. The fraction of sp³-hybridized carbons (Fsp3) is 0.533. The van der Waals surface area contributed by atoms with E-state index in [1.54, 1.807) is 11.0 Å². The van der Waals surface area contributed by atoms with Crippen LogP contribution in [0.4, 0.5) is 18.9 Å². The van der Waals surface area contributed by atoms with E-state index in [0.717, 1.165) is 25.9 Å². The van der Waals surface area contributed by atoms with E-state index in [1.165, 1.54) is 18.2 Å². The van der Waals surface area contributed by atoms with Crippen LogP contribution in [0.25, 0.3) is 0 Å². The van der Waals surface area contributed by atoms with Crippen LogP contribution in [0, 0.1) is 5.92 Å². The van der Waals surface area contributed by atoms with Gasteiger partial charge >= 0.3 is 6.36 Å². The summed E-state index contributed by atoms with van der Waals surface area (Å²) in [4.78, 5) is 13.9. The molecule has 1 unspecified atom stereocenters. The van der Waals surface area contributed by atoms with Gasteiger partial charge < -0.3 is 15.0 Å². The summed E-state index contributed by atoms with van der Waals surface area (Å²) in [6, 6.07) is 5.47. The molecule has 1 aromatic rings. The van der Waals surface area contributed by atoms with Gasteiger partial charge in [0.25, 0.3) is 0 Å². The molecule has 7 heteroatoms. The number of hydrogen-bond donors (Lipinski definition) is 1. The van der Waals surface area contributed by atoms with Crippen molar-refractivity contribution in [3.63, 3.8) is 0 Å². The van der Waals surface area contributed by atoms with Gasteiger partial charge in [-0.3, -0.25) is 4.79 Å². The number of nitrogens with one attached hydrogen (secondary N) is 1. The first kappa shape index (κ1) is 16.5. The lowest BCUT2D eigenvalue weighted by Crippen LogP contribution is -2.41. The zero-order chi connectivity index (χ0) is 16.2. The number of ether oxygens (including phenoxy) is 1. The van der Waals surface area contributed by atoms with Crippen LogP contribution in [0.2, 0.25) is 0 Å². The summed E-state index contributed by atoms with van der Waals surface area (Å²) >= 11 is 0. The number of likely N-dealkylation sites (tertiary alicyclic amines) is 1. The zero-order valence-corrected chi connectivity index (χ0v) is 12.3. The molecular formula is C15H19F3N2O2. The predicted octanol–water partition coefficient (Wildman–Crippen LogP) is 3.26. The molecule has 4 nitrogen and oxygen atoms in total. The number of anilines is 1. The molecule has 0 radical (unpaired) electrons. The minimum Gasteiger partial charge on any atom is -0.406 e. The van der Waals surface area contributed by atoms with E-state index < -0.39 is 6.36 Å². The lowest BCUT2D eigenvalue weighted by atomic mass is 10.0. The molecule has 1 saturated heterocycles. The minimum atomic E-state index is -4.72. The van der Waals surface area contributed by atoms with Gasteiger partial charge in [-0.25, -0.2) is 0 Å². The van der Waals surface area contributed by atoms with E-state index in [4.69, 9.17) is 0 Å². The summed E-state index contributed by atoms with van der Waals surface area (Å²) in [6.45, 7) is 3.63. The van der Waals surface area contributed by atoms with Crippen LogP contribution < -0.4 is 10.1 Å². The molecule has 1 N–H and O–H groups in total. The van der Waals surface area contributed by atoms with E-state index in [9.17, 15) is 18.0 Å². The molecule has 0 bridgehead atoms. The zero-order valence-electron chi connectivity index (χ0n) is 12.3. The van der Waals surface area contributed by atoms with E-state index in [1.807, 2.05) is 0 Å². The topological polar surface area (TPSA) is 41.6 Å². The van der Waals surface area contributed by atoms with Gasteiger partial charge in [0.15, 0.2) is 0 Å². The van der Waals surface area contributed by atoms with E-state index in [2.05, 4.69) is 17.0 Å². The highest BCUT2D eigenvalue weighted by Crippen LogP contribution is 2.25. The minimum absolute atomic E-state index is 0.0475. The van der Waals surface area contributed by atoms with Crippen LogP contribution >= 0.6 is 0 Å². The maximum absolute atomic E-state index is 12.2. The highest BCUT2D eigenvalue weighted by atomic mass is 19.4. The van der Waals surface area contributed by atoms with Crippen molar-refractivity contribution < 1.29 is 22.7 Å². The van der Waals surface area contributed by atoms with Crippen molar-refractivity contribution in [1.29, 1.82) is 0 Å². The molecule has 1 aliphatic rings. The van der Waals surface area contributed by atoms with Gasteiger partial charge in [0.2, 0.25) is 5.91 Å². The number of halogens is 3. The average Bonchev–Trinajstić information content (AvgIpc) is 2.43. The molecule has 0 aromatic heterocycles. The Bertz CT molecular complexity index is 520. The second-order valence-electron chi connectivity index (χ2n) is 5.52. The molecule has 1 heterocycles. The molecule has 0 saturated carbocycles. The molecular weight excluding hydrogens is 297 g/mol. The summed E-state index contributed by atoms with van der Waals surface area (Å²) in [6.07, 6.45) is -2.62. The molecule has 1 amide bonds. The predicted molar refractivity (Wildman–Crippen MR) is 76.6 cm³/mol. The third-order valence-corrected chi connectivity index (χ3v) is 3.52. The first-order chi connectivity index (χ1) is 10.3. The Balaban J connectivity index is 1.88. The first-order valence-electron chi connectivity index (χ1n) is 7.21. The van der Waals surface area contributed by atoms with Crippen LogP contribution in [0.15, 0.2) is 24.3 Å². The van der Waals surface area contributed by atoms with Crippen LogP contribution in [0.1, 0.15) is 19.8 Å². The van der Waals surface area contributed by atoms with Crippen molar-refractivity contribution in [1.82, 2.24) is 4.90 Å². The number of rotatable bonds is 4. The van der Waals surface area contributed by atoms with Gasteiger partial charge in [0.1, 0.15) is 5.75 Å². The van der Waals surface area contributed by atoms with Gasteiger partial charge in [-0.15, -0.1) is 13.2 Å². The first-order valence-corrected chi connectivity index (χ1v) is 7.21. The normalized spacial score (nSPS) is 18.9. The molecule has 1 aromatic carbocycles. The number of hydrogen-bond acceptors (Lipinski definition) is 3. The number of nitrogens with zero attached hydrogens (tertiary/aromatic N) is 1. The molecule has 0 spiro atoms. The third kappa shape index (κ3) is 5.13. The van der Waals surface area contributed by atoms with Crippen molar-refractivity contribution in [2.24, 2.45) is 5.92 Å². The Morgan fingerprint density at radius 2 is 2.23 bits per heavy atom. The van der Waals surface area contributed by atoms with Gasteiger partial charge in [-0.2, -0.15) is 0 Å². The summed E-state index contributed by atoms with van der Waals surface area (Å²) < 4.78 is 40.3. The van der Waals surface area contributed by atoms with Crippen LogP contribution in [0.3, 0.4) is 0 Å². The van der Waals surface area contributed by atoms with Crippen molar-refractivity contribution >= 4 is 11.6 Å². The Labute approximate surface area is 127 Å². The van der Waals surface area contributed by atoms with Crippen molar-refractivity contribution in [2.45, 2.75) is 26.1 Å². The smallest absolute Gasteiger partial charge is 0.406 e. The second kappa shape index (κ2) is 6.89. The second-order valence-corrected chi connectivity index (χ2v) is 5.52. The number of carbonyl (C=O) groups excluding carboxylic acids is 1. The molecule has 2 rings (SSSR count). The molecule has 1 aliphatic heterocycles. The molecule has 1 fully saturated rings. The molecule has 122 valence electrons. The van der Waals surface area contributed by atoms with Crippen LogP contribution in [0.5, 0.6) is 5.75 Å². The Morgan fingerprint density at radius 3 is 2.91 bits per heavy atom. The Hall–Kier alpha value is -1.92. The molecule has 22 heavy (non-hydrogen) atoms. The quantitative estimate of drug-likeness (QED) is 0.927. The maximum atomic E-state index is 12.2. The van der Waals surface area contributed by atoms with Crippen molar-refractivity contribution in [2.75, 3.05) is 25.0 Å². The highest BCUT2D eigenvalue weighted by molar-refractivity contribution is 5.81. The number of carbonyl (C=O) groups is 1. The fourth-order valence-electron chi connectivity index (χ4n) is 2.51. The largest absolute Gasteiger partial charge is 0.573 e. The van der Waals surface area contributed by atoms with E-state index in [0.29, 0.717) is 11.6 Å². The SMILES string of the molecule is CC1CCCN(C(=O)CNc2cccc(OC(F)(F)F)c2)C1. The monoisotopic (exact) mass is 316 g/mol. The van der Waals surface area contributed by atoms with Gasteiger partial charge in [0.05, 0.1) is 6.54 Å². The van der Waals surface area contributed by atoms with E-state index in [-0.39, 0.29) is 18.2 Å². The standard InChI is InChI=1S/C15H19F3N2O2/c1-11-4-3-7-20(10-11)14(21)9-19-12-5-2-6-13(8-12)22-15(16,17)18/h2,5-6,8,11,19H,3-4,7,9-10H2,1H3. The van der Waals surface area contributed by atoms with Gasteiger partial charge in [-0.05, 0) is 30.9 Å². The average molecular weight is 316 g/mol. The van der Waals surface area contributed by atoms with Crippen molar-refractivity contribution in [3.8, 4) is 5.75 Å². The molecule has 0 aliphatic carbocycles. The number of alkyl halides is 3. The Morgan fingerprint density at radius 1 is 1.45 bits per heavy atom. The van der Waals surface area contributed by atoms with Gasteiger partial charge in [-0.1, -0.05) is 13.0 Å².